The van der Waals surface area contributed by atoms with Crippen molar-refractivity contribution in [3.05, 3.63) is 11.1 Å². The van der Waals surface area contributed by atoms with E-state index in [0.717, 1.165) is 35.8 Å². The van der Waals surface area contributed by atoms with Gasteiger partial charge in [0.1, 0.15) is 0 Å². The Bertz CT molecular complexity index is 445. The number of aromatic nitrogens is 1. The van der Waals surface area contributed by atoms with Gasteiger partial charge in [-0.3, -0.25) is 4.79 Å². The molecule has 20 heavy (non-hydrogen) atoms. The summed E-state index contributed by atoms with van der Waals surface area (Å²) < 4.78 is 0. The van der Waals surface area contributed by atoms with Crippen molar-refractivity contribution >= 4 is 22.4 Å². The van der Waals surface area contributed by atoms with E-state index in [1.807, 2.05) is 5.38 Å². The Balaban J connectivity index is 1.92. The molecule has 1 unspecified atom stereocenters. The number of aliphatic carboxylic acids is 1. The summed E-state index contributed by atoms with van der Waals surface area (Å²) in [4.78, 5) is 17.6. The van der Waals surface area contributed by atoms with Gasteiger partial charge in [0.2, 0.25) is 0 Å². The summed E-state index contributed by atoms with van der Waals surface area (Å²) in [7, 11) is 0. The van der Waals surface area contributed by atoms with Gasteiger partial charge in [-0.25, -0.2) is 4.98 Å². The summed E-state index contributed by atoms with van der Waals surface area (Å²) in [5.74, 6) is 0.831. The predicted molar refractivity (Wildman–Crippen MR) is 82.5 cm³/mol. The molecular weight excluding hydrogens is 272 g/mol. The van der Waals surface area contributed by atoms with Crippen LogP contribution in [0.3, 0.4) is 0 Å². The quantitative estimate of drug-likeness (QED) is 0.904. The largest absolute Gasteiger partial charge is 0.481 e. The summed E-state index contributed by atoms with van der Waals surface area (Å²) >= 11 is 1.65. The van der Waals surface area contributed by atoms with Crippen molar-refractivity contribution in [2.45, 2.75) is 46.0 Å². The van der Waals surface area contributed by atoms with Gasteiger partial charge in [0.05, 0.1) is 12.1 Å². The van der Waals surface area contributed by atoms with E-state index in [2.05, 4.69) is 23.7 Å². The van der Waals surface area contributed by atoms with Crippen LogP contribution in [-0.2, 0) is 11.2 Å². The summed E-state index contributed by atoms with van der Waals surface area (Å²) in [6, 6.07) is 0. The van der Waals surface area contributed by atoms with E-state index in [4.69, 9.17) is 5.11 Å². The van der Waals surface area contributed by atoms with Crippen LogP contribution >= 0.6 is 11.3 Å². The number of thiazole rings is 1. The van der Waals surface area contributed by atoms with E-state index in [0.29, 0.717) is 6.42 Å². The van der Waals surface area contributed by atoms with Crippen molar-refractivity contribution in [2.75, 3.05) is 18.0 Å². The van der Waals surface area contributed by atoms with Crippen molar-refractivity contribution in [3.8, 4) is 0 Å². The summed E-state index contributed by atoms with van der Waals surface area (Å²) in [5.41, 5.74) is 0.914. The molecule has 2 rings (SSSR count). The first-order chi connectivity index (χ1) is 9.56. The van der Waals surface area contributed by atoms with Crippen molar-refractivity contribution in [3.63, 3.8) is 0 Å². The highest BCUT2D eigenvalue weighted by atomic mass is 32.1. The van der Waals surface area contributed by atoms with Gasteiger partial charge in [-0.1, -0.05) is 13.8 Å². The molecule has 1 atom stereocenters. The highest BCUT2D eigenvalue weighted by Gasteiger charge is 2.21. The Labute approximate surface area is 124 Å². The molecule has 0 aromatic carbocycles. The molecule has 1 aliphatic rings. The second kappa shape index (κ2) is 7.07. The van der Waals surface area contributed by atoms with Crippen molar-refractivity contribution < 1.29 is 9.90 Å². The van der Waals surface area contributed by atoms with Gasteiger partial charge in [-0.05, 0) is 31.1 Å². The normalized spacial score (nSPS) is 20.1. The van der Waals surface area contributed by atoms with Gasteiger partial charge in [-0.15, -0.1) is 11.3 Å². The second-order valence-corrected chi connectivity index (χ2v) is 6.77. The van der Waals surface area contributed by atoms with Crippen LogP contribution in [0.15, 0.2) is 5.38 Å². The minimum absolute atomic E-state index is 0.165. The lowest BCUT2D eigenvalue weighted by atomic mass is 9.89. The van der Waals surface area contributed by atoms with E-state index in [1.165, 1.54) is 19.3 Å². The Kier molecular flexibility index (Phi) is 5.40. The van der Waals surface area contributed by atoms with E-state index < -0.39 is 5.97 Å². The third kappa shape index (κ3) is 4.20. The first kappa shape index (κ1) is 15.3. The topological polar surface area (TPSA) is 53.4 Å². The molecule has 0 saturated carbocycles. The molecule has 0 spiro atoms. The lowest BCUT2D eigenvalue weighted by molar-refractivity contribution is -0.136. The van der Waals surface area contributed by atoms with Crippen LogP contribution in [0.5, 0.6) is 0 Å². The van der Waals surface area contributed by atoms with Crippen molar-refractivity contribution in [1.82, 2.24) is 4.98 Å². The number of hydrogen-bond donors (Lipinski definition) is 1. The maximum absolute atomic E-state index is 10.6. The van der Waals surface area contributed by atoms with Gasteiger partial charge in [-0.2, -0.15) is 0 Å². The van der Waals surface area contributed by atoms with Crippen LogP contribution in [0.25, 0.3) is 0 Å². The van der Waals surface area contributed by atoms with Crippen LogP contribution in [0.4, 0.5) is 5.13 Å². The predicted octanol–water partition coefficient (Wildman–Crippen LogP) is 3.42. The molecule has 1 fully saturated rings. The minimum Gasteiger partial charge on any atom is -0.481 e. The molecule has 1 aromatic heterocycles. The third-order valence-electron chi connectivity index (χ3n) is 4.12. The molecule has 1 aliphatic heterocycles. The second-order valence-electron chi connectivity index (χ2n) is 5.94. The third-order valence-corrected chi connectivity index (χ3v) is 5.07. The molecule has 5 heteroatoms. The Morgan fingerprint density at radius 3 is 3.00 bits per heavy atom. The molecule has 1 aromatic rings. The number of anilines is 1. The van der Waals surface area contributed by atoms with Gasteiger partial charge in [0.15, 0.2) is 5.13 Å². The smallest absolute Gasteiger partial charge is 0.303 e. The minimum atomic E-state index is -0.755. The first-order valence-electron chi connectivity index (χ1n) is 7.47. The fraction of sp³-hybridized carbons (Fsp3) is 0.733. The SMILES string of the molecule is CC(C)C1CCCN(c2nc(CCC(=O)O)cs2)CC1. The molecule has 2 heterocycles. The molecule has 0 radical (unpaired) electrons. The van der Waals surface area contributed by atoms with E-state index in [-0.39, 0.29) is 6.42 Å². The van der Waals surface area contributed by atoms with Gasteiger partial charge in [0.25, 0.3) is 0 Å². The summed E-state index contributed by atoms with van der Waals surface area (Å²) in [5, 5.41) is 11.8. The number of carboxylic acid groups (broad SMARTS) is 1. The fourth-order valence-electron chi connectivity index (χ4n) is 2.77. The van der Waals surface area contributed by atoms with E-state index in [1.54, 1.807) is 11.3 Å². The monoisotopic (exact) mass is 296 g/mol. The van der Waals surface area contributed by atoms with Crippen molar-refractivity contribution in [2.24, 2.45) is 11.8 Å². The van der Waals surface area contributed by atoms with E-state index in [9.17, 15) is 4.79 Å². The van der Waals surface area contributed by atoms with E-state index >= 15 is 0 Å². The Morgan fingerprint density at radius 2 is 2.30 bits per heavy atom. The van der Waals surface area contributed by atoms with Crippen LogP contribution in [-0.4, -0.2) is 29.1 Å². The van der Waals surface area contributed by atoms with Crippen molar-refractivity contribution in [1.29, 1.82) is 0 Å². The number of carbonyl (C=O) groups is 1. The zero-order valence-corrected chi connectivity index (χ0v) is 13.2. The average molecular weight is 296 g/mol. The zero-order chi connectivity index (χ0) is 14.5. The summed E-state index contributed by atoms with van der Waals surface area (Å²) in [6.45, 7) is 6.78. The highest BCUT2D eigenvalue weighted by molar-refractivity contribution is 7.13. The first-order valence-corrected chi connectivity index (χ1v) is 8.35. The number of aryl methyl sites for hydroxylation is 1. The van der Waals surface area contributed by atoms with Gasteiger partial charge >= 0.3 is 5.97 Å². The number of carboxylic acids is 1. The summed E-state index contributed by atoms with van der Waals surface area (Å²) in [6.07, 6.45) is 4.48. The molecule has 0 aliphatic carbocycles. The zero-order valence-electron chi connectivity index (χ0n) is 12.3. The maximum Gasteiger partial charge on any atom is 0.303 e. The molecule has 0 amide bonds. The Morgan fingerprint density at radius 1 is 1.50 bits per heavy atom. The number of hydrogen-bond acceptors (Lipinski definition) is 4. The molecule has 1 saturated heterocycles. The van der Waals surface area contributed by atoms with Crippen LogP contribution in [0, 0.1) is 11.8 Å². The molecule has 4 nitrogen and oxygen atoms in total. The lowest BCUT2D eigenvalue weighted by Crippen LogP contribution is -2.24. The molecule has 1 N–H and O–H groups in total. The fourth-order valence-corrected chi connectivity index (χ4v) is 3.69. The maximum atomic E-state index is 10.6. The van der Waals surface area contributed by atoms with Crippen LogP contribution in [0.2, 0.25) is 0 Å². The standard InChI is InChI=1S/C15H24N2O2S/c1-11(2)12-4-3-8-17(9-7-12)15-16-13(10-20-15)5-6-14(18)19/h10-12H,3-9H2,1-2H3,(H,18,19). The van der Waals surface area contributed by atoms with Crippen LogP contribution in [0.1, 0.15) is 45.2 Å². The highest BCUT2D eigenvalue weighted by Crippen LogP contribution is 2.29. The molecular formula is C15H24N2O2S. The van der Waals surface area contributed by atoms with Gasteiger partial charge < -0.3 is 10.0 Å². The average Bonchev–Trinajstić information content (AvgIpc) is 2.72. The Hall–Kier alpha value is -1.10. The lowest BCUT2D eigenvalue weighted by Gasteiger charge is -2.20. The van der Waals surface area contributed by atoms with Crippen LogP contribution < -0.4 is 4.90 Å². The molecule has 112 valence electrons. The van der Waals surface area contributed by atoms with Gasteiger partial charge in [0, 0.05) is 24.9 Å². The number of nitrogens with zero attached hydrogens (tertiary/aromatic N) is 2. The number of rotatable bonds is 5. The molecule has 0 bridgehead atoms.